The van der Waals surface area contributed by atoms with E-state index in [1.54, 1.807) is 11.6 Å². The predicted molar refractivity (Wildman–Crippen MR) is 114 cm³/mol. The Kier molecular flexibility index (Phi) is 7.59. The highest BCUT2D eigenvalue weighted by Crippen LogP contribution is 2.21. The van der Waals surface area contributed by atoms with Crippen LogP contribution in [-0.2, 0) is 0 Å². The maximum atomic E-state index is 12.3. The van der Waals surface area contributed by atoms with Crippen molar-refractivity contribution in [3.05, 3.63) is 40.4 Å². The number of nitrogens with zero attached hydrogens (tertiary/aromatic N) is 1. The van der Waals surface area contributed by atoms with Crippen LogP contribution in [0, 0.1) is 6.92 Å². The second kappa shape index (κ2) is 10.1. The fourth-order valence-electron chi connectivity index (χ4n) is 3.95. The lowest BCUT2D eigenvalue weighted by atomic mass is 9.98. The van der Waals surface area contributed by atoms with E-state index in [4.69, 9.17) is 11.6 Å². The van der Waals surface area contributed by atoms with E-state index in [0.717, 1.165) is 43.7 Å². The van der Waals surface area contributed by atoms with Crippen LogP contribution in [0.1, 0.15) is 56.9 Å². The minimum Gasteiger partial charge on any atom is -0.335 e. The molecule has 2 aliphatic rings. The topological polar surface area (TPSA) is 44.4 Å². The lowest BCUT2D eigenvalue weighted by Gasteiger charge is -2.33. The molecule has 0 atom stereocenters. The molecule has 1 aromatic carbocycles. The number of aryl methyl sites for hydroxylation is 1. The van der Waals surface area contributed by atoms with Gasteiger partial charge < -0.3 is 10.6 Å². The zero-order chi connectivity index (χ0) is 19.1. The summed E-state index contributed by atoms with van der Waals surface area (Å²) in [6.07, 6.45) is 12.5. The molecule has 1 aliphatic carbocycles. The van der Waals surface area contributed by atoms with Gasteiger partial charge in [0.25, 0.3) is 0 Å². The zero-order valence-corrected chi connectivity index (χ0v) is 17.2. The molecule has 1 saturated heterocycles. The molecule has 3 rings (SSSR count). The van der Waals surface area contributed by atoms with E-state index >= 15 is 0 Å². The lowest BCUT2D eigenvalue weighted by molar-refractivity contribution is 0.205. The van der Waals surface area contributed by atoms with Gasteiger partial charge in [0.15, 0.2) is 0 Å². The second-order valence-corrected chi connectivity index (χ2v) is 8.34. The van der Waals surface area contributed by atoms with E-state index in [2.05, 4.69) is 21.6 Å². The number of urea groups is 1. The van der Waals surface area contributed by atoms with E-state index in [1.165, 1.54) is 38.5 Å². The summed E-state index contributed by atoms with van der Waals surface area (Å²) in [4.78, 5) is 14.8. The number of anilines is 1. The minimum absolute atomic E-state index is 0.143. The van der Waals surface area contributed by atoms with E-state index in [1.807, 2.05) is 19.1 Å². The molecule has 2 N–H and O–H groups in total. The standard InChI is InChI=1S/C22H32ClN3O/c1-17-9-10-20(15-21(17)23)25-22(27)24-19-11-13-26(14-12-19)16-18-7-5-3-2-4-6-8-18/h7,9-10,15,19H,2-6,8,11-14,16H2,1H3,(H2,24,25,27)/b18-7+. The Morgan fingerprint density at radius 3 is 2.74 bits per heavy atom. The largest absolute Gasteiger partial charge is 0.335 e. The molecule has 4 nitrogen and oxygen atoms in total. The van der Waals surface area contributed by atoms with Gasteiger partial charge in [0, 0.05) is 36.4 Å². The quantitative estimate of drug-likeness (QED) is 0.666. The summed E-state index contributed by atoms with van der Waals surface area (Å²) in [5.74, 6) is 0. The van der Waals surface area contributed by atoms with E-state index < -0.39 is 0 Å². The second-order valence-electron chi connectivity index (χ2n) is 7.93. The number of hydrogen-bond acceptors (Lipinski definition) is 2. The third kappa shape index (κ3) is 6.54. The summed E-state index contributed by atoms with van der Waals surface area (Å²) in [5, 5.41) is 6.67. The first-order valence-corrected chi connectivity index (χ1v) is 10.7. The molecule has 5 heteroatoms. The summed E-state index contributed by atoms with van der Waals surface area (Å²) < 4.78 is 0. The summed E-state index contributed by atoms with van der Waals surface area (Å²) in [6, 6.07) is 5.69. The van der Waals surface area contributed by atoms with Crippen LogP contribution in [-0.4, -0.2) is 36.6 Å². The number of amides is 2. The molecular formula is C22H32ClN3O. The molecule has 2 amide bonds. The highest BCUT2D eigenvalue weighted by atomic mass is 35.5. The third-order valence-corrected chi connectivity index (χ3v) is 6.07. The Morgan fingerprint density at radius 2 is 1.96 bits per heavy atom. The van der Waals surface area contributed by atoms with Crippen LogP contribution < -0.4 is 10.6 Å². The molecule has 27 heavy (non-hydrogen) atoms. The normalized spacial score (nSPS) is 21.6. The van der Waals surface area contributed by atoms with Crippen molar-refractivity contribution in [3.8, 4) is 0 Å². The minimum atomic E-state index is -0.143. The van der Waals surface area contributed by atoms with Crippen molar-refractivity contribution >= 4 is 23.3 Å². The van der Waals surface area contributed by atoms with Gasteiger partial charge in [0.05, 0.1) is 0 Å². The Bertz CT molecular complexity index is 666. The Balaban J connectivity index is 1.40. The first-order chi connectivity index (χ1) is 13.1. The van der Waals surface area contributed by atoms with E-state index in [-0.39, 0.29) is 12.1 Å². The summed E-state index contributed by atoms with van der Waals surface area (Å²) >= 11 is 6.12. The van der Waals surface area contributed by atoms with Crippen molar-refractivity contribution in [3.63, 3.8) is 0 Å². The SMILES string of the molecule is Cc1ccc(NC(=O)NC2CCN(C/C3=C/CCCCCC3)CC2)cc1Cl. The van der Waals surface area contributed by atoms with Gasteiger partial charge in [0.2, 0.25) is 0 Å². The van der Waals surface area contributed by atoms with Crippen LogP contribution in [0.5, 0.6) is 0 Å². The average molecular weight is 390 g/mol. The first-order valence-electron chi connectivity index (χ1n) is 10.3. The number of allylic oxidation sites excluding steroid dienone is 1. The molecule has 0 saturated carbocycles. The zero-order valence-electron chi connectivity index (χ0n) is 16.4. The molecule has 1 heterocycles. The van der Waals surface area contributed by atoms with Crippen molar-refractivity contribution in [2.75, 3.05) is 25.0 Å². The Labute approximate surface area is 168 Å². The number of rotatable bonds is 4. The number of likely N-dealkylation sites (tertiary alicyclic amines) is 1. The Morgan fingerprint density at radius 1 is 1.19 bits per heavy atom. The van der Waals surface area contributed by atoms with Crippen molar-refractivity contribution in [1.82, 2.24) is 10.2 Å². The molecule has 0 aromatic heterocycles. The summed E-state index contributed by atoms with van der Waals surface area (Å²) in [7, 11) is 0. The van der Waals surface area contributed by atoms with Gasteiger partial charge in [-0.25, -0.2) is 4.79 Å². The van der Waals surface area contributed by atoms with E-state index in [0.29, 0.717) is 5.02 Å². The van der Waals surface area contributed by atoms with Crippen LogP contribution in [0.25, 0.3) is 0 Å². The smallest absolute Gasteiger partial charge is 0.319 e. The predicted octanol–water partition coefficient (Wildman–Crippen LogP) is 5.51. The molecule has 0 bridgehead atoms. The molecule has 0 radical (unpaired) electrons. The number of halogens is 1. The highest BCUT2D eigenvalue weighted by Gasteiger charge is 2.21. The number of benzene rings is 1. The van der Waals surface area contributed by atoms with Gasteiger partial charge in [-0.3, -0.25) is 4.90 Å². The molecular weight excluding hydrogens is 358 g/mol. The van der Waals surface area contributed by atoms with Gasteiger partial charge >= 0.3 is 6.03 Å². The molecule has 1 aromatic rings. The summed E-state index contributed by atoms with van der Waals surface area (Å²) in [5.41, 5.74) is 3.36. The number of hydrogen-bond donors (Lipinski definition) is 2. The van der Waals surface area contributed by atoms with Crippen LogP contribution in [0.4, 0.5) is 10.5 Å². The molecule has 1 fully saturated rings. The molecule has 0 spiro atoms. The van der Waals surface area contributed by atoms with Crippen molar-refractivity contribution < 1.29 is 4.79 Å². The van der Waals surface area contributed by atoms with Gasteiger partial charge in [-0.15, -0.1) is 0 Å². The third-order valence-electron chi connectivity index (χ3n) is 5.66. The fraction of sp³-hybridized carbons (Fsp3) is 0.591. The van der Waals surface area contributed by atoms with Crippen molar-refractivity contribution in [1.29, 1.82) is 0 Å². The number of carbonyl (C=O) groups is 1. The van der Waals surface area contributed by atoms with Crippen molar-refractivity contribution in [2.45, 2.75) is 64.3 Å². The van der Waals surface area contributed by atoms with Gasteiger partial charge in [-0.05, 0) is 63.1 Å². The molecule has 148 valence electrons. The average Bonchev–Trinajstić information content (AvgIpc) is 2.62. The maximum Gasteiger partial charge on any atom is 0.319 e. The Hall–Kier alpha value is -1.52. The van der Waals surface area contributed by atoms with Crippen LogP contribution in [0.2, 0.25) is 5.02 Å². The first kappa shape index (κ1) is 20.2. The molecule has 1 aliphatic heterocycles. The maximum absolute atomic E-state index is 12.3. The number of carbonyl (C=O) groups excluding carboxylic acids is 1. The van der Waals surface area contributed by atoms with Crippen LogP contribution >= 0.6 is 11.6 Å². The van der Waals surface area contributed by atoms with Gasteiger partial charge in [0.1, 0.15) is 0 Å². The lowest BCUT2D eigenvalue weighted by Crippen LogP contribution is -2.46. The van der Waals surface area contributed by atoms with Crippen LogP contribution in [0.15, 0.2) is 29.8 Å². The van der Waals surface area contributed by atoms with Crippen molar-refractivity contribution in [2.24, 2.45) is 0 Å². The number of nitrogens with one attached hydrogen (secondary N) is 2. The van der Waals surface area contributed by atoms with Gasteiger partial charge in [-0.2, -0.15) is 0 Å². The van der Waals surface area contributed by atoms with Gasteiger partial charge in [-0.1, -0.05) is 42.2 Å². The number of piperidine rings is 1. The monoisotopic (exact) mass is 389 g/mol. The molecule has 0 unspecified atom stereocenters. The van der Waals surface area contributed by atoms with Crippen LogP contribution in [0.3, 0.4) is 0 Å². The highest BCUT2D eigenvalue weighted by molar-refractivity contribution is 6.31. The fourth-order valence-corrected chi connectivity index (χ4v) is 4.13. The summed E-state index contributed by atoms with van der Waals surface area (Å²) in [6.45, 7) is 5.17. The van der Waals surface area contributed by atoms with E-state index in [9.17, 15) is 4.79 Å².